The number of pyridine rings is 1. The SMILES string of the molecule is Cc1ccc(C2CN(C(=O)c3ccncc3)C(C)CO2)cc1. The van der Waals surface area contributed by atoms with E-state index in [1.54, 1.807) is 24.5 Å². The Labute approximate surface area is 130 Å². The molecule has 1 fully saturated rings. The van der Waals surface area contributed by atoms with E-state index in [1.165, 1.54) is 5.56 Å². The van der Waals surface area contributed by atoms with Crippen molar-refractivity contribution in [2.75, 3.05) is 13.2 Å². The molecule has 2 unspecified atom stereocenters. The average Bonchev–Trinajstić information content (AvgIpc) is 2.56. The van der Waals surface area contributed by atoms with Gasteiger partial charge in [-0.05, 0) is 31.5 Å². The number of carbonyl (C=O) groups is 1. The van der Waals surface area contributed by atoms with Gasteiger partial charge in [0.05, 0.1) is 19.2 Å². The molecule has 2 heterocycles. The molecule has 0 radical (unpaired) electrons. The van der Waals surface area contributed by atoms with E-state index in [4.69, 9.17) is 4.74 Å². The lowest BCUT2D eigenvalue weighted by atomic mass is 10.0. The van der Waals surface area contributed by atoms with Crippen LogP contribution in [0.2, 0.25) is 0 Å². The first-order valence-corrected chi connectivity index (χ1v) is 7.54. The van der Waals surface area contributed by atoms with Gasteiger partial charge in [-0.25, -0.2) is 0 Å². The highest BCUT2D eigenvalue weighted by molar-refractivity contribution is 5.94. The molecule has 0 N–H and O–H groups in total. The van der Waals surface area contributed by atoms with Crippen molar-refractivity contribution in [2.24, 2.45) is 0 Å². The summed E-state index contributed by atoms with van der Waals surface area (Å²) in [6.07, 6.45) is 3.23. The normalized spacial score (nSPS) is 21.6. The van der Waals surface area contributed by atoms with Gasteiger partial charge in [0.25, 0.3) is 5.91 Å². The number of morpholine rings is 1. The zero-order valence-electron chi connectivity index (χ0n) is 12.9. The second kappa shape index (κ2) is 6.28. The molecule has 1 aromatic carbocycles. The summed E-state index contributed by atoms with van der Waals surface area (Å²) in [5.41, 5.74) is 3.01. The Hall–Kier alpha value is -2.20. The lowest BCUT2D eigenvalue weighted by Crippen LogP contribution is -2.48. The molecular formula is C18H20N2O2. The molecule has 0 spiro atoms. The van der Waals surface area contributed by atoms with Gasteiger partial charge in [0.1, 0.15) is 6.10 Å². The average molecular weight is 296 g/mol. The summed E-state index contributed by atoms with van der Waals surface area (Å²) in [6, 6.07) is 11.9. The lowest BCUT2D eigenvalue weighted by molar-refractivity contribution is -0.0486. The summed E-state index contributed by atoms with van der Waals surface area (Å²) in [5.74, 6) is 0.0373. The Kier molecular flexibility index (Phi) is 4.20. The van der Waals surface area contributed by atoms with Gasteiger partial charge < -0.3 is 9.64 Å². The van der Waals surface area contributed by atoms with Gasteiger partial charge in [-0.3, -0.25) is 9.78 Å². The first-order chi connectivity index (χ1) is 10.6. The number of nitrogens with zero attached hydrogens (tertiary/aromatic N) is 2. The van der Waals surface area contributed by atoms with Crippen LogP contribution in [0.25, 0.3) is 0 Å². The highest BCUT2D eigenvalue weighted by Crippen LogP contribution is 2.26. The zero-order valence-corrected chi connectivity index (χ0v) is 12.9. The van der Waals surface area contributed by atoms with Crippen LogP contribution in [0.15, 0.2) is 48.8 Å². The summed E-state index contributed by atoms with van der Waals surface area (Å²) >= 11 is 0. The summed E-state index contributed by atoms with van der Waals surface area (Å²) in [4.78, 5) is 18.5. The van der Waals surface area contributed by atoms with Crippen molar-refractivity contribution < 1.29 is 9.53 Å². The number of amides is 1. The third kappa shape index (κ3) is 3.02. The van der Waals surface area contributed by atoms with E-state index in [-0.39, 0.29) is 18.1 Å². The molecule has 1 amide bonds. The standard InChI is InChI=1S/C18H20N2O2/c1-13-3-5-15(6-4-13)17-11-20(14(2)12-22-17)18(21)16-7-9-19-10-8-16/h3-10,14,17H,11-12H2,1-2H3. The van der Waals surface area contributed by atoms with E-state index in [9.17, 15) is 4.79 Å². The van der Waals surface area contributed by atoms with Crippen molar-refractivity contribution in [3.63, 3.8) is 0 Å². The molecule has 3 rings (SSSR count). The van der Waals surface area contributed by atoms with Crippen LogP contribution >= 0.6 is 0 Å². The van der Waals surface area contributed by atoms with Gasteiger partial charge in [0.2, 0.25) is 0 Å². The fourth-order valence-corrected chi connectivity index (χ4v) is 2.68. The lowest BCUT2D eigenvalue weighted by Gasteiger charge is -2.38. The molecule has 0 bridgehead atoms. The van der Waals surface area contributed by atoms with Crippen LogP contribution in [0.1, 0.15) is 34.5 Å². The highest BCUT2D eigenvalue weighted by atomic mass is 16.5. The van der Waals surface area contributed by atoms with E-state index in [0.717, 1.165) is 5.56 Å². The molecule has 2 aromatic rings. The number of rotatable bonds is 2. The maximum Gasteiger partial charge on any atom is 0.254 e. The highest BCUT2D eigenvalue weighted by Gasteiger charge is 2.30. The van der Waals surface area contributed by atoms with Crippen molar-refractivity contribution in [1.29, 1.82) is 0 Å². The van der Waals surface area contributed by atoms with Crippen molar-refractivity contribution in [3.05, 3.63) is 65.5 Å². The molecule has 0 aliphatic carbocycles. The van der Waals surface area contributed by atoms with Crippen LogP contribution in [0, 0.1) is 6.92 Å². The number of carbonyl (C=O) groups excluding carboxylic acids is 1. The molecule has 0 saturated carbocycles. The van der Waals surface area contributed by atoms with Crippen molar-refractivity contribution in [1.82, 2.24) is 9.88 Å². The van der Waals surface area contributed by atoms with Gasteiger partial charge in [-0.1, -0.05) is 29.8 Å². The molecule has 1 aromatic heterocycles. The number of aryl methyl sites for hydroxylation is 1. The van der Waals surface area contributed by atoms with Crippen LogP contribution in [0.3, 0.4) is 0 Å². The Morgan fingerprint density at radius 3 is 2.55 bits per heavy atom. The summed E-state index contributed by atoms with van der Waals surface area (Å²) in [6.45, 7) is 5.21. The van der Waals surface area contributed by atoms with E-state index < -0.39 is 0 Å². The molecule has 22 heavy (non-hydrogen) atoms. The molecule has 4 heteroatoms. The van der Waals surface area contributed by atoms with Crippen LogP contribution in [-0.4, -0.2) is 35.0 Å². The Morgan fingerprint density at radius 2 is 1.86 bits per heavy atom. The molecular weight excluding hydrogens is 276 g/mol. The van der Waals surface area contributed by atoms with Gasteiger partial charge in [-0.2, -0.15) is 0 Å². The number of aromatic nitrogens is 1. The summed E-state index contributed by atoms with van der Waals surface area (Å²) in [7, 11) is 0. The summed E-state index contributed by atoms with van der Waals surface area (Å²) < 4.78 is 5.93. The minimum atomic E-state index is -0.0670. The number of ether oxygens (including phenoxy) is 1. The van der Waals surface area contributed by atoms with Crippen LogP contribution in [0.4, 0.5) is 0 Å². The third-order valence-corrected chi connectivity index (χ3v) is 4.07. The smallest absolute Gasteiger partial charge is 0.254 e. The quantitative estimate of drug-likeness (QED) is 0.855. The van der Waals surface area contributed by atoms with E-state index in [0.29, 0.717) is 18.7 Å². The second-order valence-electron chi connectivity index (χ2n) is 5.78. The van der Waals surface area contributed by atoms with E-state index in [1.807, 2.05) is 11.8 Å². The van der Waals surface area contributed by atoms with Crippen LogP contribution in [0.5, 0.6) is 0 Å². The topological polar surface area (TPSA) is 42.4 Å². The predicted molar refractivity (Wildman–Crippen MR) is 84.6 cm³/mol. The molecule has 4 nitrogen and oxygen atoms in total. The predicted octanol–water partition coefficient (Wildman–Crippen LogP) is 2.99. The van der Waals surface area contributed by atoms with Crippen LogP contribution in [-0.2, 0) is 4.74 Å². The molecule has 1 aliphatic heterocycles. The fourth-order valence-electron chi connectivity index (χ4n) is 2.68. The maximum absolute atomic E-state index is 12.7. The zero-order chi connectivity index (χ0) is 15.5. The van der Waals surface area contributed by atoms with Crippen molar-refractivity contribution >= 4 is 5.91 Å². The van der Waals surface area contributed by atoms with Crippen molar-refractivity contribution in [2.45, 2.75) is 26.0 Å². The largest absolute Gasteiger partial charge is 0.370 e. The number of benzene rings is 1. The van der Waals surface area contributed by atoms with E-state index in [2.05, 4.69) is 36.2 Å². The minimum absolute atomic E-state index is 0.0373. The van der Waals surface area contributed by atoms with Gasteiger partial charge >= 0.3 is 0 Å². The third-order valence-electron chi connectivity index (χ3n) is 4.07. The second-order valence-corrected chi connectivity index (χ2v) is 5.78. The minimum Gasteiger partial charge on any atom is -0.370 e. The first-order valence-electron chi connectivity index (χ1n) is 7.54. The van der Waals surface area contributed by atoms with Crippen LogP contribution < -0.4 is 0 Å². The van der Waals surface area contributed by atoms with E-state index >= 15 is 0 Å². The van der Waals surface area contributed by atoms with Gasteiger partial charge in [-0.15, -0.1) is 0 Å². The molecule has 1 saturated heterocycles. The number of hydrogen-bond acceptors (Lipinski definition) is 3. The van der Waals surface area contributed by atoms with Gasteiger partial charge in [0, 0.05) is 18.0 Å². The number of hydrogen-bond donors (Lipinski definition) is 0. The molecule has 1 aliphatic rings. The van der Waals surface area contributed by atoms with Gasteiger partial charge in [0.15, 0.2) is 0 Å². The summed E-state index contributed by atoms with van der Waals surface area (Å²) in [5, 5.41) is 0. The Morgan fingerprint density at radius 1 is 1.18 bits per heavy atom. The van der Waals surface area contributed by atoms with Crippen molar-refractivity contribution in [3.8, 4) is 0 Å². The molecule has 114 valence electrons. The fraction of sp³-hybridized carbons (Fsp3) is 0.333. The Bertz CT molecular complexity index is 640. The monoisotopic (exact) mass is 296 g/mol. The maximum atomic E-state index is 12.7. The first kappa shape index (κ1) is 14.7. The Balaban J connectivity index is 1.79. The molecule has 2 atom stereocenters.